The maximum absolute atomic E-state index is 12.4. The molecule has 0 bridgehead atoms. The van der Waals surface area contributed by atoms with Gasteiger partial charge in [0.15, 0.2) is 0 Å². The number of ether oxygens (including phenoxy) is 1. The minimum Gasteiger partial charge on any atom is -0.362 e. The number of hydrogen-bond donors (Lipinski definition) is 0. The van der Waals surface area contributed by atoms with E-state index in [2.05, 4.69) is 44.3 Å². The summed E-state index contributed by atoms with van der Waals surface area (Å²) in [4.78, 5) is 24.8. The van der Waals surface area contributed by atoms with Crippen molar-refractivity contribution in [1.29, 1.82) is 0 Å². The van der Waals surface area contributed by atoms with Gasteiger partial charge in [0, 0.05) is 50.7 Å². The molecule has 0 spiro atoms. The Balaban J connectivity index is 1.18. The van der Waals surface area contributed by atoms with E-state index in [0.717, 1.165) is 25.2 Å². The molecule has 0 saturated carbocycles. The van der Waals surface area contributed by atoms with Gasteiger partial charge in [-0.15, -0.1) is 0 Å². The highest BCUT2D eigenvalue weighted by molar-refractivity contribution is 5.77. The van der Waals surface area contributed by atoms with Gasteiger partial charge in [0.2, 0.25) is 11.7 Å². The van der Waals surface area contributed by atoms with E-state index in [4.69, 9.17) is 9.26 Å². The highest BCUT2D eigenvalue weighted by atomic mass is 16.5. The van der Waals surface area contributed by atoms with Crippen LogP contribution in [0.25, 0.3) is 11.4 Å². The zero-order chi connectivity index (χ0) is 19.9. The lowest BCUT2D eigenvalue weighted by molar-refractivity contribution is -0.138. The van der Waals surface area contributed by atoms with E-state index >= 15 is 0 Å². The minimum absolute atomic E-state index is 0.00561. The summed E-state index contributed by atoms with van der Waals surface area (Å²) >= 11 is 0. The number of amides is 1. The Bertz CT molecular complexity index is 908. The second-order valence-corrected chi connectivity index (χ2v) is 6.88. The summed E-state index contributed by atoms with van der Waals surface area (Å²) in [7, 11) is 0. The summed E-state index contributed by atoms with van der Waals surface area (Å²) in [6, 6.07) is 14.0. The maximum atomic E-state index is 12.4. The van der Waals surface area contributed by atoms with Gasteiger partial charge in [-0.25, -0.2) is 0 Å². The number of piperazine rings is 1. The van der Waals surface area contributed by atoms with Crippen molar-refractivity contribution in [1.82, 2.24) is 24.9 Å². The molecule has 0 N–H and O–H groups in total. The predicted molar refractivity (Wildman–Crippen MR) is 105 cm³/mol. The highest BCUT2D eigenvalue weighted by Crippen LogP contribution is 2.14. The van der Waals surface area contributed by atoms with Gasteiger partial charge in [-0.05, 0) is 17.7 Å². The van der Waals surface area contributed by atoms with E-state index in [9.17, 15) is 4.79 Å². The molecule has 29 heavy (non-hydrogen) atoms. The standard InChI is InChI=1S/C21H23N5O3/c27-20(26-12-10-25(11-13-26)14-17-4-2-1-3-5-17)16-28-15-19-23-21(24-29-19)18-6-8-22-9-7-18/h1-9H,10-16H2. The van der Waals surface area contributed by atoms with Gasteiger partial charge >= 0.3 is 0 Å². The van der Waals surface area contributed by atoms with Gasteiger partial charge in [-0.3, -0.25) is 14.7 Å². The van der Waals surface area contributed by atoms with Gasteiger partial charge in [0.05, 0.1) is 0 Å². The lowest BCUT2D eigenvalue weighted by Crippen LogP contribution is -2.49. The first kappa shape index (κ1) is 19.2. The van der Waals surface area contributed by atoms with Gasteiger partial charge in [-0.2, -0.15) is 4.98 Å². The zero-order valence-corrected chi connectivity index (χ0v) is 16.1. The zero-order valence-electron chi connectivity index (χ0n) is 16.1. The molecule has 1 aliphatic rings. The number of benzene rings is 1. The van der Waals surface area contributed by atoms with E-state index in [1.54, 1.807) is 24.5 Å². The fourth-order valence-electron chi connectivity index (χ4n) is 3.25. The molecule has 0 aliphatic carbocycles. The number of carbonyl (C=O) groups excluding carboxylic acids is 1. The van der Waals surface area contributed by atoms with Crippen molar-refractivity contribution < 1.29 is 14.1 Å². The van der Waals surface area contributed by atoms with Gasteiger partial charge < -0.3 is 14.2 Å². The third kappa shape index (κ3) is 5.24. The fraction of sp³-hybridized carbons (Fsp3) is 0.333. The number of nitrogens with zero attached hydrogens (tertiary/aromatic N) is 5. The SMILES string of the molecule is O=C(COCc1nc(-c2ccncc2)no1)N1CCN(Cc2ccccc2)CC1. The quantitative estimate of drug-likeness (QED) is 0.607. The molecule has 1 amide bonds. The Morgan fingerprint density at radius 1 is 1.03 bits per heavy atom. The number of carbonyl (C=O) groups is 1. The lowest BCUT2D eigenvalue weighted by atomic mass is 10.2. The van der Waals surface area contributed by atoms with Crippen molar-refractivity contribution in [2.75, 3.05) is 32.8 Å². The normalized spacial score (nSPS) is 14.8. The number of aromatic nitrogens is 3. The molecule has 3 heterocycles. The van der Waals surface area contributed by atoms with Crippen molar-refractivity contribution in [2.45, 2.75) is 13.2 Å². The summed E-state index contributed by atoms with van der Waals surface area (Å²) in [5.74, 6) is 0.808. The van der Waals surface area contributed by atoms with Crippen LogP contribution in [0, 0.1) is 0 Å². The molecule has 0 unspecified atom stereocenters. The van der Waals surface area contributed by atoms with Crippen molar-refractivity contribution in [3.05, 3.63) is 66.3 Å². The summed E-state index contributed by atoms with van der Waals surface area (Å²) < 4.78 is 10.7. The molecule has 0 radical (unpaired) electrons. The molecule has 4 rings (SSSR count). The summed E-state index contributed by atoms with van der Waals surface area (Å²) in [5.41, 5.74) is 2.11. The van der Waals surface area contributed by atoms with E-state index in [0.29, 0.717) is 24.8 Å². The van der Waals surface area contributed by atoms with Gasteiger partial charge in [-0.1, -0.05) is 35.5 Å². The highest BCUT2D eigenvalue weighted by Gasteiger charge is 2.21. The predicted octanol–water partition coefficient (Wildman–Crippen LogP) is 1.99. The fourth-order valence-corrected chi connectivity index (χ4v) is 3.25. The summed E-state index contributed by atoms with van der Waals surface area (Å²) in [6.45, 7) is 4.17. The van der Waals surface area contributed by atoms with Crippen molar-refractivity contribution in [3.8, 4) is 11.4 Å². The van der Waals surface area contributed by atoms with Crippen LogP contribution in [0.4, 0.5) is 0 Å². The Morgan fingerprint density at radius 3 is 2.55 bits per heavy atom. The first-order valence-corrected chi connectivity index (χ1v) is 9.63. The van der Waals surface area contributed by atoms with Gasteiger partial charge in [0.1, 0.15) is 13.2 Å². The van der Waals surface area contributed by atoms with Gasteiger partial charge in [0.25, 0.3) is 5.89 Å². The number of rotatable bonds is 7. The molecular formula is C21H23N5O3. The average molecular weight is 393 g/mol. The van der Waals surface area contributed by atoms with E-state index in [1.807, 2.05) is 11.0 Å². The van der Waals surface area contributed by atoms with Crippen molar-refractivity contribution >= 4 is 5.91 Å². The Kier molecular flexibility index (Phi) is 6.23. The third-order valence-corrected chi connectivity index (χ3v) is 4.83. The first-order valence-electron chi connectivity index (χ1n) is 9.63. The molecular weight excluding hydrogens is 370 g/mol. The van der Waals surface area contributed by atoms with Crippen LogP contribution in [0.5, 0.6) is 0 Å². The lowest BCUT2D eigenvalue weighted by Gasteiger charge is -2.34. The Labute approximate surface area is 169 Å². The summed E-state index contributed by atoms with van der Waals surface area (Å²) in [5, 5.41) is 3.92. The number of pyridine rings is 1. The Morgan fingerprint density at radius 2 is 1.79 bits per heavy atom. The molecule has 1 aromatic carbocycles. The van der Waals surface area contributed by atoms with Crippen LogP contribution < -0.4 is 0 Å². The smallest absolute Gasteiger partial charge is 0.252 e. The molecule has 1 fully saturated rings. The topological polar surface area (TPSA) is 84.6 Å². The molecule has 3 aromatic rings. The van der Waals surface area contributed by atoms with Crippen LogP contribution in [0.2, 0.25) is 0 Å². The van der Waals surface area contributed by atoms with Crippen LogP contribution in [-0.4, -0.2) is 63.6 Å². The molecule has 1 saturated heterocycles. The number of hydrogen-bond acceptors (Lipinski definition) is 7. The first-order chi connectivity index (χ1) is 14.3. The third-order valence-electron chi connectivity index (χ3n) is 4.83. The maximum Gasteiger partial charge on any atom is 0.252 e. The Hall–Kier alpha value is -3.10. The molecule has 0 atom stereocenters. The van der Waals surface area contributed by atoms with Crippen molar-refractivity contribution in [3.63, 3.8) is 0 Å². The van der Waals surface area contributed by atoms with Crippen LogP contribution in [0.3, 0.4) is 0 Å². The minimum atomic E-state index is -0.0155. The molecule has 8 heteroatoms. The van der Waals surface area contributed by atoms with E-state index < -0.39 is 0 Å². The van der Waals surface area contributed by atoms with Crippen LogP contribution >= 0.6 is 0 Å². The van der Waals surface area contributed by atoms with E-state index in [1.165, 1.54) is 5.56 Å². The molecule has 150 valence electrons. The second-order valence-electron chi connectivity index (χ2n) is 6.88. The monoisotopic (exact) mass is 393 g/mol. The summed E-state index contributed by atoms with van der Waals surface area (Å²) in [6.07, 6.45) is 3.33. The van der Waals surface area contributed by atoms with Crippen LogP contribution in [0.1, 0.15) is 11.5 Å². The largest absolute Gasteiger partial charge is 0.362 e. The molecule has 1 aliphatic heterocycles. The van der Waals surface area contributed by atoms with E-state index in [-0.39, 0.29) is 19.1 Å². The van der Waals surface area contributed by atoms with Crippen LogP contribution in [0.15, 0.2) is 59.4 Å². The average Bonchev–Trinajstić information content (AvgIpc) is 3.24. The molecule has 8 nitrogen and oxygen atoms in total. The second kappa shape index (κ2) is 9.40. The van der Waals surface area contributed by atoms with Crippen molar-refractivity contribution in [2.24, 2.45) is 0 Å². The molecule has 2 aromatic heterocycles. The van der Waals surface area contributed by atoms with Crippen LogP contribution in [-0.2, 0) is 22.7 Å².